The first-order chi connectivity index (χ1) is 16.9. The molecule has 0 aromatic heterocycles. The molecule has 210 valence electrons. The molecule has 0 aromatic carbocycles. The highest BCUT2D eigenvalue weighted by Crippen LogP contribution is 2.69. The SMILES string of the molecule is CC(C)(O)CC[C@@H]1OC(C)(C)O[C@]1(C)[C@@H]1CC[C@@]2(O)C3=CC(=O)[C@H]4C[C@@H](O)[C@@H](O)C[C@]4(C)[C@@H]3CC[C@]12C. The summed E-state index contributed by atoms with van der Waals surface area (Å²) in [5.41, 5.74) is -2.79. The third kappa shape index (κ3) is 4.02. The van der Waals surface area contributed by atoms with Crippen LogP contribution in [-0.2, 0) is 14.3 Å². The minimum absolute atomic E-state index is 0.000157. The van der Waals surface area contributed by atoms with Crippen molar-refractivity contribution in [2.45, 2.75) is 141 Å². The van der Waals surface area contributed by atoms with E-state index in [4.69, 9.17) is 9.47 Å². The zero-order valence-electron chi connectivity index (χ0n) is 23.7. The van der Waals surface area contributed by atoms with Gasteiger partial charge in [0.05, 0.1) is 35.1 Å². The number of carbonyl (C=O) groups excluding carboxylic acids is 1. The normalized spacial score (nSPS) is 51.3. The van der Waals surface area contributed by atoms with Crippen LogP contribution < -0.4 is 0 Å². The topological polar surface area (TPSA) is 116 Å². The van der Waals surface area contributed by atoms with Gasteiger partial charge in [0.1, 0.15) is 0 Å². The summed E-state index contributed by atoms with van der Waals surface area (Å²) in [5, 5.41) is 43.9. The van der Waals surface area contributed by atoms with Gasteiger partial charge in [0, 0.05) is 11.3 Å². The molecule has 0 bridgehead atoms. The Hall–Kier alpha value is -0.830. The van der Waals surface area contributed by atoms with E-state index in [2.05, 4.69) is 20.8 Å². The van der Waals surface area contributed by atoms with Crippen molar-refractivity contribution in [3.05, 3.63) is 11.6 Å². The van der Waals surface area contributed by atoms with Crippen LogP contribution in [0.15, 0.2) is 11.6 Å². The van der Waals surface area contributed by atoms with Crippen LogP contribution in [0.5, 0.6) is 0 Å². The van der Waals surface area contributed by atoms with E-state index < -0.39 is 45.6 Å². The predicted octanol–water partition coefficient (Wildman–Crippen LogP) is 3.65. The average Bonchev–Trinajstić information content (AvgIpc) is 3.17. The van der Waals surface area contributed by atoms with Crippen LogP contribution in [0.25, 0.3) is 0 Å². The number of hydrogen-bond acceptors (Lipinski definition) is 7. The molecule has 10 atom stereocenters. The Morgan fingerprint density at radius 1 is 1.03 bits per heavy atom. The van der Waals surface area contributed by atoms with E-state index in [0.29, 0.717) is 25.7 Å². The minimum atomic E-state index is -1.15. The predicted molar refractivity (Wildman–Crippen MR) is 138 cm³/mol. The summed E-state index contributed by atoms with van der Waals surface area (Å²) in [6.07, 6.45) is 4.51. The monoisotopic (exact) mass is 520 g/mol. The smallest absolute Gasteiger partial charge is 0.164 e. The maximum atomic E-state index is 13.4. The van der Waals surface area contributed by atoms with Gasteiger partial charge < -0.3 is 29.9 Å². The van der Waals surface area contributed by atoms with Crippen molar-refractivity contribution in [3.63, 3.8) is 0 Å². The molecule has 1 aliphatic heterocycles. The number of hydrogen-bond donors (Lipinski definition) is 4. The largest absolute Gasteiger partial charge is 0.390 e. The van der Waals surface area contributed by atoms with Crippen LogP contribution in [-0.4, -0.2) is 67.1 Å². The van der Waals surface area contributed by atoms with Gasteiger partial charge in [-0.05, 0) is 115 Å². The molecule has 0 spiro atoms. The van der Waals surface area contributed by atoms with Gasteiger partial charge in [0.15, 0.2) is 11.6 Å². The summed E-state index contributed by atoms with van der Waals surface area (Å²) in [7, 11) is 0. The lowest BCUT2D eigenvalue weighted by Gasteiger charge is -2.60. The second kappa shape index (κ2) is 8.34. The summed E-state index contributed by atoms with van der Waals surface area (Å²) in [6.45, 7) is 13.8. The lowest BCUT2D eigenvalue weighted by atomic mass is 9.45. The number of ketones is 1. The van der Waals surface area contributed by atoms with Crippen LogP contribution in [0, 0.1) is 28.6 Å². The summed E-state index contributed by atoms with van der Waals surface area (Å²) in [4.78, 5) is 13.4. The van der Waals surface area contributed by atoms with E-state index in [-0.39, 0.29) is 36.1 Å². The number of carbonyl (C=O) groups is 1. The van der Waals surface area contributed by atoms with Crippen LogP contribution in [0.2, 0.25) is 0 Å². The Kier molecular flexibility index (Phi) is 6.25. The van der Waals surface area contributed by atoms with E-state index >= 15 is 0 Å². The Labute approximate surface area is 221 Å². The van der Waals surface area contributed by atoms with E-state index in [9.17, 15) is 25.2 Å². The molecule has 7 heteroatoms. The zero-order chi connectivity index (χ0) is 27.4. The van der Waals surface area contributed by atoms with E-state index in [1.54, 1.807) is 6.08 Å². The molecule has 0 amide bonds. The van der Waals surface area contributed by atoms with Crippen LogP contribution in [0.3, 0.4) is 0 Å². The molecule has 3 saturated carbocycles. The molecular weight excluding hydrogens is 472 g/mol. The van der Waals surface area contributed by atoms with Gasteiger partial charge in [0.2, 0.25) is 0 Å². The van der Waals surface area contributed by atoms with Crippen molar-refractivity contribution in [1.29, 1.82) is 0 Å². The van der Waals surface area contributed by atoms with Gasteiger partial charge in [-0.2, -0.15) is 0 Å². The number of rotatable bonds is 4. The maximum absolute atomic E-state index is 13.4. The fourth-order valence-electron chi connectivity index (χ4n) is 9.49. The molecule has 1 saturated heterocycles. The van der Waals surface area contributed by atoms with Crippen molar-refractivity contribution in [1.82, 2.24) is 0 Å². The quantitative estimate of drug-likeness (QED) is 0.447. The number of allylic oxidation sites excluding steroid dienone is 1. The number of ether oxygens (including phenoxy) is 2. The Morgan fingerprint density at radius 3 is 2.35 bits per heavy atom. The van der Waals surface area contributed by atoms with Gasteiger partial charge in [0.25, 0.3) is 0 Å². The Morgan fingerprint density at radius 2 is 1.70 bits per heavy atom. The molecule has 4 N–H and O–H groups in total. The first-order valence-corrected chi connectivity index (χ1v) is 14.3. The first kappa shape index (κ1) is 27.7. The molecule has 7 nitrogen and oxygen atoms in total. The molecule has 0 radical (unpaired) electrons. The standard InChI is InChI=1S/C30H48O7/c1-25(2,34)11-10-24-29(7,37-26(3,4)36-24)23-9-13-30(35)18-14-20(31)19-15-21(32)22(33)16-27(19,5)17(18)8-12-28(23,30)6/h14,17,19,21-24,32-35H,8-13,15-16H2,1-7H3/t17-,19-,21-,22+,23-,24+,27-,28-,29-,30-/m1/s1. The van der Waals surface area contributed by atoms with Crippen molar-refractivity contribution in [2.24, 2.45) is 28.6 Å². The van der Waals surface area contributed by atoms with Gasteiger partial charge in [-0.15, -0.1) is 0 Å². The Balaban J connectivity index is 1.51. The van der Waals surface area contributed by atoms with E-state index in [0.717, 1.165) is 24.8 Å². The second-order valence-electron chi connectivity index (χ2n) is 14.7. The molecule has 4 aliphatic carbocycles. The molecule has 5 rings (SSSR count). The maximum Gasteiger partial charge on any atom is 0.164 e. The highest BCUT2D eigenvalue weighted by Gasteiger charge is 2.71. The average molecular weight is 521 g/mol. The van der Waals surface area contributed by atoms with Crippen molar-refractivity contribution in [3.8, 4) is 0 Å². The fraction of sp³-hybridized carbons (Fsp3) is 0.900. The van der Waals surface area contributed by atoms with Gasteiger partial charge >= 0.3 is 0 Å². The van der Waals surface area contributed by atoms with Crippen molar-refractivity contribution in [2.75, 3.05) is 0 Å². The molecule has 4 fully saturated rings. The van der Waals surface area contributed by atoms with Gasteiger partial charge in [-0.1, -0.05) is 13.8 Å². The van der Waals surface area contributed by atoms with Crippen LogP contribution >= 0.6 is 0 Å². The lowest BCUT2D eigenvalue weighted by molar-refractivity contribution is -0.191. The van der Waals surface area contributed by atoms with Gasteiger partial charge in [-0.25, -0.2) is 0 Å². The van der Waals surface area contributed by atoms with E-state index in [1.165, 1.54) is 0 Å². The summed E-state index contributed by atoms with van der Waals surface area (Å²) in [6, 6.07) is 0. The summed E-state index contributed by atoms with van der Waals surface area (Å²) < 4.78 is 13.1. The van der Waals surface area contributed by atoms with Gasteiger partial charge in [-0.3, -0.25) is 4.79 Å². The molecule has 37 heavy (non-hydrogen) atoms. The molecule has 0 aromatic rings. The summed E-state index contributed by atoms with van der Waals surface area (Å²) >= 11 is 0. The highest BCUT2D eigenvalue weighted by atomic mass is 16.8. The Bertz CT molecular complexity index is 983. The molecule has 0 unspecified atom stereocenters. The number of aliphatic hydroxyl groups is 4. The molecule has 5 aliphatic rings. The van der Waals surface area contributed by atoms with Crippen LogP contribution in [0.4, 0.5) is 0 Å². The van der Waals surface area contributed by atoms with Crippen molar-refractivity contribution < 1.29 is 34.7 Å². The fourth-order valence-corrected chi connectivity index (χ4v) is 9.49. The number of aliphatic hydroxyl groups excluding tert-OH is 2. The first-order valence-electron chi connectivity index (χ1n) is 14.3. The summed E-state index contributed by atoms with van der Waals surface area (Å²) in [5.74, 6) is -1.14. The minimum Gasteiger partial charge on any atom is -0.390 e. The van der Waals surface area contributed by atoms with Crippen LogP contribution in [0.1, 0.15) is 99.8 Å². The molecule has 1 heterocycles. The van der Waals surface area contributed by atoms with Crippen molar-refractivity contribution >= 4 is 5.78 Å². The molecular formula is C30H48O7. The number of fused-ring (bicyclic) bond motifs is 5. The third-order valence-electron chi connectivity index (χ3n) is 11.4. The lowest BCUT2D eigenvalue weighted by Crippen LogP contribution is -2.62. The zero-order valence-corrected chi connectivity index (χ0v) is 23.7. The second-order valence-corrected chi connectivity index (χ2v) is 14.7. The van der Waals surface area contributed by atoms with E-state index in [1.807, 2.05) is 27.7 Å². The third-order valence-corrected chi connectivity index (χ3v) is 11.4. The highest BCUT2D eigenvalue weighted by molar-refractivity contribution is 5.95.